The first-order valence-electron chi connectivity index (χ1n) is 5.57. The molecule has 0 radical (unpaired) electrons. The molecule has 2 heteroatoms. The highest BCUT2D eigenvalue weighted by molar-refractivity contribution is 6.17. The molecule has 2 aromatic rings. The number of benzene rings is 2. The van der Waals surface area contributed by atoms with Gasteiger partial charge in [-0.2, -0.15) is 0 Å². The molecule has 2 aliphatic rings. The number of aliphatic imine (C=N–C) groups is 1. The van der Waals surface area contributed by atoms with Crippen LogP contribution in [-0.2, 0) is 6.54 Å². The van der Waals surface area contributed by atoms with Crippen molar-refractivity contribution in [2.24, 2.45) is 4.99 Å². The van der Waals surface area contributed by atoms with E-state index in [1.807, 2.05) is 54.7 Å². The molecule has 17 heavy (non-hydrogen) atoms. The maximum atomic E-state index is 11.5. The molecule has 0 spiro atoms. The maximum Gasteiger partial charge on any atom is 0.193 e. The van der Waals surface area contributed by atoms with Crippen LogP contribution in [0.25, 0.3) is 0 Å². The molecule has 0 N–H and O–H groups in total. The molecule has 4 rings (SSSR count). The average Bonchev–Trinajstić information content (AvgIpc) is 2.39. The van der Waals surface area contributed by atoms with Crippen LogP contribution in [0, 0.1) is 0 Å². The predicted molar refractivity (Wildman–Crippen MR) is 67.6 cm³/mol. The highest BCUT2D eigenvalue weighted by Crippen LogP contribution is 2.25. The van der Waals surface area contributed by atoms with E-state index in [0.717, 1.165) is 22.3 Å². The second-order valence-electron chi connectivity index (χ2n) is 4.08. The first kappa shape index (κ1) is 9.97. The van der Waals surface area contributed by atoms with Crippen LogP contribution in [-0.4, -0.2) is 12.0 Å². The first-order valence-corrected chi connectivity index (χ1v) is 5.57. The van der Waals surface area contributed by atoms with Crippen molar-refractivity contribution in [2.45, 2.75) is 6.54 Å². The van der Waals surface area contributed by atoms with Crippen LogP contribution in [0.2, 0.25) is 0 Å². The number of carbonyl (C=O) groups excluding carboxylic acids is 1. The molecule has 82 valence electrons. The van der Waals surface area contributed by atoms with Crippen molar-refractivity contribution >= 4 is 12.0 Å². The summed E-state index contributed by atoms with van der Waals surface area (Å²) in [6.45, 7) is 0.566. The molecule has 2 aliphatic carbocycles. The lowest BCUT2D eigenvalue weighted by Crippen LogP contribution is -2.15. The molecule has 0 aromatic heterocycles. The summed E-state index contributed by atoms with van der Waals surface area (Å²) in [7, 11) is 0. The van der Waals surface area contributed by atoms with Gasteiger partial charge in [0.05, 0.1) is 6.54 Å². The Morgan fingerprint density at radius 2 is 1.88 bits per heavy atom. The Bertz CT molecular complexity index is 596. The number of ketones is 1. The van der Waals surface area contributed by atoms with Crippen LogP contribution in [0.3, 0.4) is 0 Å². The van der Waals surface area contributed by atoms with Crippen LogP contribution in [0.5, 0.6) is 0 Å². The Labute approximate surface area is 99.6 Å². The second kappa shape index (κ2) is 3.98. The van der Waals surface area contributed by atoms with Crippen molar-refractivity contribution in [3.05, 3.63) is 70.8 Å². The van der Waals surface area contributed by atoms with Crippen LogP contribution < -0.4 is 0 Å². The van der Waals surface area contributed by atoms with E-state index < -0.39 is 0 Å². The van der Waals surface area contributed by atoms with E-state index in [1.54, 1.807) is 0 Å². The predicted octanol–water partition coefficient (Wildman–Crippen LogP) is 2.85. The maximum absolute atomic E-state index is 11.5. The van der Waals surface area contributed by atoms with Crippen LogP contribution >= 0.6 is 0 Å². The van der Waals surface area contributed by atoms with Gasteiger partial charge in [0.25, 0.3) is 0 Å². The van der Waals surface area contributed by atoms with Gasteiger partial charge in [0, 0.05) is 17.3 Å². The van der Waals surface area contributed by atoms with Gasteiger partial charge in [-0.3, -0.25) is 9.79 Å². The number of nitrogens with zero attached hydrogens (tertiary/aromatic N) is 1. The first-order chi connectivity index (χ1) is 8.34. The number of fused-ring (bicyclic) bond motifs is 2. The molecule has 0 saturated heterocycles. The smallest absolute Gasteiger partial charge is 0.193 e. The lowest BCUT2D eigenvalue weighted by Gasteiger charge is -2.16. The zero-order valence-electron chi connectivity index (χ0n) is 9.26. The zero-order valence-corrected chi connectivity index (χ0v) is 9.26. The van der Waals surface area contributed by atoms with E-state index in [9.17, 15) is 4.79 Å². The van der Waals surface area contributed by atoms with Crippen LogP contribution in [0.15, 0.2) is 53.5 Å². The quantitative estimate of drug-likeness (QED) is 0.625. The molecule has 0 fully saturated rings. The molecule has 2 nitrogen and oxygen atoms in total. The summed E-state index contributed by atoms with van der Waals surface area (Å²) in [5.41, 5.74) is 3.73. The Hall–Kier alpha value is -2.22. The average molecular weight is 221 g/mol. The van der Waals surface area contributed by atoms with Gasteiger partial charge in [0.2, 0.25) is 0 Å². The minimum atomic E-state index is 0.164. The van der Waals surface area contributed by atoms with Crippen molar-refractivity contribution in [2.75, 3.05) is 0 Å². The molecule has 2 aromatic carbocycles. The summed E-state index contributed by atoms with van der Waals surface area (Å²) in [5.74, 6) is 0.164. The summed E-state index contributed by atoms with van der Waals surface area (Å²) in [5, 5.41) is 0. The zero-order chi connectivity index (χ0) is 11.7. The largest absolute Gasteiger partial charge is 0.289 e. The van der Waals surface area contributed by atoms with E-state index in [-0.39, 0.29) is 5.78 Å². The van der Waals surface area contributed by atoms with E-state index in [2.05, 4.69) is 4.99 Å². The second-order valence-corrected chi connectivity index (χ2v) is 4.08. The lowest BCUT2D eigenvalue weighted by atomic mass is 9.87. The molecule has 2 bridgehead atoms. The summed E-state index contributed by atoms with van der Waals surface area (Å²) in [6.07, 6.45) is 1.84. The lowest BCUT2D eigenvalue weighted by molar-refractivity contribution is 0.102. The highest BCUT2D eigenvalue weighted by atomic mass is 16.1. The third-order valence-electron chi connectivity index (χ3n) is 2.92. The number of rotatable bonds is 3. The fourth-order valence-corrected chi connectivity index (χ4v) is 1.93. The molecular formula is C15H11NO. The summed E-state index contributed by atoms with van der Waals surface area (Å²) < 4.78 is 0. The van der Waals surface area contributed by atoms with E-state index in [0.29, 0.717) is 6.54 Å². The third kappa shape index (κ3) is 1.78. The molecular weight excluding hydrogens is 210 g/mol. The Kier molecular flexibility index (Phi) is 2.33. The van der Waals surface area contributed by atoms with Gasteiger partial charge in [-0.05, 0) is 17.2 Å². The Morgan fingerprint density at radius 1 is 1.06 bits per heavy atom. The van der Waals surface area contributed by atoms with Crippen LogP contribution in [0.4, 0.5) is 0 Å². The van der Waals surface area contributed by atoms with Crippen molar-refractivity contribution in [3.63, 3.8) is 0 Å². The standard InChI is InChI=1S/C15H11NO/c17-15-12-6-7-13(14(15)8-12)10-16-9-11-4-2-1-3-5-11/h1-9H,10H2. The molecule has 0 unspecified atom stereocenters. The summed E-state index contributed by atoms with van der Waals surface area (Å²) >= 11 is 0. The minimum absolute atomic E-state index is 0.164. The van der Waals surface area contributed by atoms with Crippen molar-refractivity contribution < 1.29 is 4.79 Å². The molecule has 0 heterocycles. The fourth-order valence-electron chi connectivity index (χ4n) is 1.93. The monoisotopic (exact) mass is 221 g/mol. The molecule has 0 amide bonds. The summed E-state index contributed by atoms with van der Waals surface area (Å²) in [6, 6.07) is 15.7. The number of carbonyl (C=O) groups is 1. The van der Waals surface area contributed by atoms with E-state index in [4.69, 9.17) is 0 Å². The SMILES string of the molecule is O=C1c2ccc(CN=Cc3ccccc3)c1c2. The molecule has 0 aliphatic heterocycles. The van der Waals surface area contributed by atoms with Gasteiger partial charge < -0.3 is 0 Å². The van der Waals surface area contributed by atoms with E-state index in [1.165, 1.54) is 0 Å². The van der Waals surface area contributed by atoms with Gasteiger partial charge >= 0.3 is 0 Å². The Balaban J connectivity index is 1.74. The van der Waals surface area contributed by atoms with Gasteiger partial charge in [-0.15, -0.1) is 0 Å². The van der Waals surface area contributed by atoms with Crippen molar-refractivity contribution in [1.29, 1.82) is 0 Å². The fraction of sp³-hybridized carbons (Fsp3) is 0.0667. The van der Waals surface area contributed by atoms with Gasteiger partial charge in [-0.1, -0.05) is 42.5 Å². The van der Waals surface area contributed by atoms with Gasteiger partial charge in [-0.25, -0.2) is 0 Å². The third-order valence-corrected chi connectivity index (χ3v) is 2.92. The number of hydrogen-bond donors (Lipinski definition) is 0. The highest BCUT2D eigenvalue weighted by Gasteiger charge is 2.22. The van der Waals surface area contributed by atoms with Crippen molar-refractivity contribution in [3.8, 4) is 0 Å². The van der Waals surface area contributed by atoms with Gasteiger partial charge in [0.1, 0.15) is 0 Å². The van der Waals surface area contributed by atoms with Gasteiger partial charge in [0.15, 0.2) is 5.78 Å². The minimum Gasteiger partial charge on any atom is -0.289 e. The molecule has 0 atom stereocenters. The topological polar surface area (TPSA) is 29.4 Å². The number of hydrogen-bond acceptors (Lipinski definition) is 2. The van der Waals surface area contributed by atoms with Crippen LogP contribution in [0.1, 0.15) is 27.0 Å². The summed E-state index contributed by atoms with van der Waals surface area (Å²) in [4.78, 5) is 15.8. The normalized spacial score (nSPS) is 12.8. The van der Waals surface area contributed by atoms with E-state index >= 15 is 0 Å². The van der Waals surface area contributed by atoms with Crippen molar-refractivity contribution in [1.82, 2.24) is 0 Å². The Morgan fingerprint density at radius 3 is 2.59 bits per heavy atom. The molecule has 0 saturated carbocycles.